The lowest BCUT2D eigenvalue weighted by Crippen LogP contribution is -2.40. The average molecular weight is 293 g/mol. The van der Waals surface area contributed by atoms with Crippen molar-refractivity contribution in [3.8, 4) is 0 Å². The number of nitrogens with one attached hydrogen (secondary N) is 2. The topological polar surface area (TPSA) is 70.2 Å². The number of rotatable bonds is 8. The Morgan fingerprint density at radius 3 is 2.67 bits per heavy atom. The maximum atomic E-state index is 12.1. The van der Waals surface area contributed by atoms with Gasteiger partial charge in [-0.05, 0) is 25.9 Å². The number of nitrogens with zero attached hydrogens (tertiary/aromatic N) is 3. The first kappa shape index (κ1) is 17.4. The van der Waals surface area contributed by atoms with Crippen LogP contribution in [-0.2, 0) is 0 Å². The van der Waals surface area contributed by atoms with Crippen LogP contribution in [0.3, 0.4) is 0 Å². The van der Waals surface area contributed by atoms with E-state index in [0.717, 1.165) is 19.5 Å². The number of aromatic nitrogens is 2. The van der Waals surface area contributed by atoms with Gasteiger partial charge in [-0.3, -0.25) is 9.78 Å². The standard InChI is InChI=1S/C15H27N5O/c1-6-7-17-13-9-16-8-12(19-13)14(21)18-10-15(2,3)11-20(4)5/h8-9H,6-7,10-11H2,1-5H3,(H,17,19)(H,18,21). The largest absolute Gasteiger partial charge is 0.369 e. The van der Waals surface area contributed by atoms with E-state index in [1.165, 1.54) is 6.20 Å². The Morgan fingerprint density at radius 1 is 1.33 bits per heavy atom. The number of amides is 1. The summed E-state index contributed by atoms with van der Waals surface area (Å²) in [5, 5.41) is 6.06. The quantitative estimate of drug-likeness (QED) is 0.762. The van der Waals surface area contributed by atoms with Crippen molar-refractivity contribution in [3.05, 3.63) is 18.1 Å². The van der Waals surface area contributed by atoms with E-state index in [1.54, 1.807) is 6.20 Å². The highest BCUT2D eigenvalue weighted by Gasteiger charge is 2.20. The van der Waals surface area contributed by atoms with Gasteiger partial charge in [0.25, 0.3) is 5.91 Å². The normalized spacial score (nSPS) is 11.5. The average Bonchev–Trinajstić information content (AvgIpc) is 2.41. The zero-order chi connectivity index (χ0) is 15.9. The molecule has 0 aliphatic carbocycles. The maximum Gasteiger partial charge on any atom is 0.271 e. The second-order valence-electron chi connectivity index (χ2n) is 6.30. The molecule has 118 valence electrons. The SMILES string of the molecule is CCCNc1cncc(C(=O)NCC(C)(C)CN(C)C)n1. The Hall–Kier alpha value is -1.69. The van der Waals surface area contributed by atoms with Gasteiger partial charge in [0.05, 0.1) is 12.4 Å². The third-order valence-electron chi connectivity index (χ3n) is 2.90. The molecule has 0 radical (unpaired) electrons. The van der Waals surface area contributed by atoms with Crippen molar-refractivity contribution in [2.24, 2.45) is 5.41 Å². The van der Waals surface area contributed by atoms with Crippen LogP contribution < -0.4 is 10.6 Å². The molecule has 1 aromatic heterocycles. The van der Waals surface area contributed by atoms with Crippen LogP contribution in [0.25, 0.3) is 0 Å². The predicted octanol–water partition coefficient (Wildman–Crippen LogP) is 1.62. The first-order valence-electron chi connectivity index (χ1n) is 7.33. The Labute approximate surface area is 127 Å². The Bertz CT molecular complexity index is 459. The molecule has 1 heterocycles. The molecule has 1 rings (SSSR count). The fourth-order valence-corrected chi connectivity index (χ4v) is 2.14. The molecule has 1 aromatic rings. The third kappa shape index (κ3) is 6.53. The summed E-state index contributed by atoms with van der Waals surface area (Å²) in [4.78, 5) is 22.6. The van der Waals surface area contributed by atoms with Gasteiger partial charge in [-0.15, -0.1) is 0 Å². The summed E-state index contributed by atoms with van der Waals surface area (Å²) < 4.78 is 0. The van der Waals surface area contributed by atoms with E-state index >= 15 is 0 Å². The molecular formula is C15H27N5O. The number of carbonyl (C=O) groups is 1. The van der Waals surface area contributed by atoms with Crippen LogP contribution in [0.15, 0.2) is 12.4 Å². The van der Waals surface area contributed by atoms with Crippen molar-refractivity contribution in [1.29, 1.82) is 0 Å². The van der Waals surface area contributed by atoms with Crippen molar-refractivity contribution in [1.82, 2.24) is 20.2 Å². The first-order chi connectivity index (χ1) is 9.84. The summed E-state index contributed by atoms with van der Waals surface area (Å²) in [6.45, 7) is 8.63. The van der Waals surface area contributed by atoms with Gasteiger partial charge in [-0.1, -0.05) is 20.8 Å². The molecule has 0 saturated carbocycles. The van der Waals surface area contributed by atoms with E-state index < -0.39 is 0 Å². The van der Waals surface area contributed by atoms with Crippen LogP contribution in [0.1, 0.15) is 37.7 Å². The van der Waals surface area contributed by atoms with Crippen molar-refractivity contribution >= 4 is 11.7 Å². The zero-order valence-corrected chi connectivity index (χ0v) is 13.7. The number of hydrogen-bond donors (Lipinski definition) is 2. The van der Waals surface area contributed by atoms with E-state index in [9.17, 15) is 4.79 Å². The molecule has 0 fully saturated rings. The van der Waals surface area contributed by atoms with Crippen LogP contribution in [0, 0.1) is 5.41 Å². The molecule has 0 bridgehead atoms. The molecule has 2 N–H and O–H groups in total. The number of carbonyl (C=O) groups excluding carboxylic acids is 1. The monoisotopic (exact) mass is 293 g/mol. The van der Waals surface area contributed by atoms with E-state index in [4.69, 9.17) is 0 Å². The lowest BCUT2D eigenvalue weighted by molar-refractivity contribution is 0.0924. The van der Waals surface area contributed by atoms with Gasteiger partial charge in [0.15, 0.2) is 0 Å². The molecule has 1 amide bonds. The molecular weight excluding hydrogens is 266 g/mol. The Morgan fingerprint density at radius 2 is 2.05 bits per heavy atom. The van der Waals surface area contributed by atoms with Gasteiger partial charge in [0.1, 0.15) is 11.5 Å². The van der Waals surface area contributed by atoms with E-state index in [1.807, 2.05) is 14.1 Å². The van der Waals surface area contributed by atoms with Crippen molar-refractivity contribution in [2.75, 3.05) is 39.0 Å². The van der Waals surface area contributed by atoms with Gasteiger partial charge in [0, 0.05) is 19.6 Å². The van der Waals surface area contributed by atoms with Gasteiger partial charge >= 0.3 is 0 Å². The fraction of sp³-hybridized carbons (Fsp3) is 0.667. The highest BCUT2D eigenvalue weighted by atomic mass is 16.1. The lowest BCUT2D eigenvalue weighted by atomic mass is 9.93. The molecule has 0 spiro atoms. The summed E-state index contributed by atoms with van der Waals surface area (Å²) in [5.74, 6) is 0.450. The molecule has 0 aromatic carbocycles. The molecule has 6 nitrogen and oxygen atoms in total. The van der Waals surface area contributed by atoms with Crippen LogP contribution in [0.2, 0.25) is 0 Å². The van der Waals surface area contributed by atoms with Gasteiger partial charge in [-0.2, -0.15) is 0 Å². The van der Waals surface area contributed by atoms with Crippen LogP contribution in [-0.4, -0.2) is 54.5 Å². The third-order valence-corrected chi connectivity index (χ3v) is 2.90. The molecule has 0 aliphatic heterocycles. The Kier molecular flexibility index (Phi) is 6.55. The second-order valence-corrected chi connectivity index (χ2v) is 6.30. The molecule has 0 unspecified atom stereocenters. The van der Waals surface area contributed by atoms with Crippen LogP contribution in [0.5, 0.6) is 0 Å². The highest BCUT2D eigenvalue weighted by Crippen LogP contribution is 2.14. The highest BCUT2D eigenvalue weighted by molar-refractivity contribution is 5.92. The number of anilines is 1. The smallest absolute Gasteiger partial charge is 0.271 e. The zero-order valence-electron chi connectivity index (χ0n) is 13.7. The van der Waals surface area contributed by atoms with Gasteiger partial charge in [-0.25, -0.2) is 4.98 Å². The lowest BCUT2D eigenvalue weighted by Gasteiger charge is -2.28. The first-order valence-corrected chi connectivity index (χ1v) is 7.33. The van der Waals surface area contributed by atoms with E-state index in [2.05, 4.69) is 46.3 Å². The summed E-state index contributed by atoms with van der Waals surface area (Å²) in [6, 6.07) is 0. The van der Waals surface area contributed by atoms with Crippen LogP contribution in [0.4, 0.5) is 5.82 Å². The summed E-state index contributed by atoms with van der Waals surface area (Å²) in [6.07, 6.45) is 4.12. The van der Waals surface area contributed by atoms with Gasteiger partial charge < -0.3 is 15.5 Å². The molecule has 21 heavy (non-hydrogen) atoms. The minimum Gasteiger partial charge on any atom is -0.369 e. The summed E-state index contributed by atoms with van der Waals surface area (Å²) in [5.41, 5.74) is 0.349. The maximum absolute atomic E-state index is 12.1. The molecule has 0 aliphatic rings. The van der Waals surface area contributed by atoms with Crippen LogP contribution >= 0.6 is 0 Å². The Balaban J connectivity index is 2.59. The predicted molar refractivity (Wildman–Crippen MR) is 85.5 cm³/mol. The summed E-state index contributed by atoms with van der Waals surface area (Å²) >= 11 is 0. The molecule has 0 saturated heterocycles. The number of hydrogen-bond acceptors (Lipinski definition) is 5. The van der Waals surface area contributed by atoms with Gasteiger partial charge in [0.2, 0.25) is 0 Å². The van der Waals surface area contributed by atoms with Crippen molar-refractivity contribution in [2.45, 2.75) is 27.2 Å². The summed E-state index contributed by atoms with van der Waals surface area (Å²) in [7, 11) is 4.05. The minimum atomic E-state index is -0.186. The molecule has 0 atom stereocenters. The van der Waals surface area contributed by atoms with E-state index in [0.29, 0.717) is 18.1 Å². The second kappa shape index (κ2) is 7.93. The molecule has 6 heteroatoms. The fourth-order valence-electron chi connectivity index (χ4n) is 2.14. The van der Waals surface area contributed by atoms with Crippen molar-refractivity contribution < 1.29 is 4.79 Å². The minimum absolute atomic E-state index is 0.00462. The van der Waals surface area contributed by atoms with Crippen molar-refractivity contribution in [3.63, 3.8) is 0 Å². The van der Waals surface area contributed by atoms with E-state index in [-0.39, 0.29) is 11.3 Å².